The summed E-state index contributed by atoms with van der Waals surface area (Å²) in [5, 5.41) is 9.45. The molecule has 0 radical (unpaired) electrons. The summed E-state index contributed by atoms with van der Waals surface area (Å²) in [5.74, 6) is 0.792. The molecule has 3 rings (SSSR count). The van der Waals surface area contributed by atoms with Crippen LogP contribution in [0.25, 0.3) is 0 Å². The monoisotopic (exact) mass is 316 g/mol. The summed E-state index contributed by atoms with van der Waals surface area (Å²) in [6.07, 6.45) is 3.35. The Morgan fingerprint density at radius 3 is 3.13 bits per heavy atom. The van der Waals surface area contributed by atoms with Crippen molar-refractivity contribution in [3.8, 4) is 0 Å². The van der Waals surface area contributed by atoms with Crippen LogP contribution in [0.2, 0.25) is 0 Å². The van der Waals surface area contributed by atoms with Gasteiger partial charge in [-0.15, -0.1) is 0 Å². The second kappa shape index (κ2) is 7.97. The molecule has 2 heterocycles. The second-order valence-corrected chi connectivity index (χ2v) is 5.91. The first-order chi connectivity index (χ1) is 11.3. The van der Waals surface area contributed by atoms with Crippen LogP contribution in [0.1, 0.15) is 35.2 Å². The second-order valence-electron chi connectivity index (χ2n) is 5.91. The molecule has 1 atom stereocenters. The first-order valence-electron chi connectivity index (χ1n) is 8.32. The average molecular weight is 316 g/mol. The summed E-state index contributed by atoms with van der Waals surface area (Å²) in [6.45, 7) is 3.86. The third-order valence-electron chi connectivity index (χ3n) is 4.06. The first-order valence-corrected chi connectivity index (χ1v) is 8.32. The van der Waals surface area contributed by atoms with E-state index in [4.69, 9.17) is 4.74 Å². The van der Waals surface area contributed by atoms with Gasteiger partial charge in [-0.2, -0.15) is 0 Å². The van der Waals surface area contributed by atoms with Gasteiger partial charge in [-0.25, -0.2) is 0 Å². The molecule has 1 unspecified atom stereocenters. The number of amides is 1. The lowest BCUT2D eigenvalue weighted by molar-refractivity contribution is 0.0857. The van der Waals surface area contributed by atoms with Gasteiger partial charge in [0.1, 0.15) is 0 Å². The molecule has 6 heteroatoms. The highest BCUT2D eigenvalue weighted by atomic mass is 16.5. The lowest BCUT2D eigenvalue weighted by Crippen LogP contribution is -2.40. The number of hydrogen-bond donors (Lipinski definition) is 3. The average Bonchev–Trinajstić information content (AvgIpc) is 3.12. The molecule has 0 aromatic heterocycles. The van der Waals surface area contributed by atoms with Crippen LogP contribution in [0.3, 0.4) is 0 Å². The van der Waals surface area contributed by atoms with Crippen molar-refractivity contribution in [2.45, 2.75) is 31.9 Å². The number of carbonyl (C=O) groups is 1. The number of guanidine groups is 1. The highest BCUT2D eigenvalue weighted by molar-refractivity contribution is 5.94. The third-order valence-corrected chi connectivity index (χ3v) is 4.06. The van der Waals surface area contributed by atoms with Crippen LogP contribution in [0.5, 0.6) is 0 Å². The van der Waals surface area contributed by atoms with E-state index in [2.05, 4.69) is 20.9 Å². The Balaban J connectivity index is 1.51. The molecule has 3 N–H and O–H groups in total. The van der Waals surface area contributed by atoms with Gasteiger partial charge >= 0.3 is 0 Å². The molecule has 1 aromatic carbocycles. The summed E-state index contributed by atoms with van der Waals surface area (Å²) in [6, 6.07) is 7.67. The van der Waals surface area contributed by atoms with Gasteiger partial charge in [0, 0.05) is 38.3 Å². The first kappa shape index (κ1) is 15.8. The van der Waals surface area contributed by atoms with E-state index in [1.807, 2.05) is 24.3 Å². The largest absolute Gasteiger partial charge is 0.376 e. The van der Waals surface area contributed by atoms with Gasteiger partial charge < -0.3 is 20.7 Å². The van der Waals surface area contributed by atoms with E-state index in [-0.39, 0.29) is 12.0 Å². The zero-order chi connectivity index (χ0) is 15.9. The van der Waals surface area contributed by atoms with E-state index < -0.39 is 0 Å². The van der Waals surface area contributed by atoms with Crippen LogP contribution in [0, 0.1) is 0 Å². The molecule has 23 heavy (non-hydrogen) atoms. The quantitative estimate of drug-likeness (QED) is 0.759. The van der Waals surface area contributed by atoms with Gasteiger partial charge in [-0.3, -0.25) is 9.79 Å². The van der Waals surface area contributed by atoms with Gasteiger partial charge in [-0.05, 0) is 37.0 Å². The summed E-state index contributed by atoms with van der Waals surface area (Å²) in [5.41, 5.74) is 1.74. The zero-order valence-electron chi connectivity index (χ0n) is 13.3. The normalized spacial score (nSPS) is 20.5. The van der Waals surface area contributed by atoms with Crippen molar-refractivity contribution in [2.24, 2.45) is 4.99 Å². The molecule has 0 spiro atoms. The number of nitrogens with zero attached hydrogens (tertiary/aromatic N) is 1. The van der Waals surface area contributed by atoms with Crippen molar-refractivity contribution in [3.05, 3.63) is 35.4 Å². The van der Waals surface area contributed by atoms with E-state index in [1.54, 1.807) is 0 Å². The Kier molecular flexibility index (Phi) is 5.47. The molecule has 2 aliphatic rings. The van der Waals surface area contributed by atoms with Crippen molar-refractivity contribution in [1.82, 2.24) is 16.0 Å². The lowest BCUT2D eigenvalue weighted by atomic mass is 10.1. The van der Waals surface area contributed by atoms with Gasteiger partial charge in [-0.1, -0.05) is 12.1 Å². The van der Waals surface area contributed by atoms with Crippen LogP contribution < -0.4 is 16.0 Å². The van der Waals surface area contributed by atoms with Crippen molar-refractivity contribution < 1.29 is 9.53 Å². The van der Waals surface area contributed by atoms with Gasteiger partial charge in [0.05, 0.1) is 6.10 Å². The summed E-state index contributed by atoms with van der Waals surface area (Å²) < 4.78 is 5.52. The van der Waals surface area contributed by atoms with Crippen molar-refractivity contribution in [1.29, 1.82) is 0 Å². The SMILES string of the molecule is O=C(NCC1CCCO1)c1cccc(CNC2=NCCCN2)c1. The zero-order valence-corrected chi connectivity index (χ0v) is 13.3. The number of nitrogens with one attached hydrogen (secondary N) is 3. The van der Waals surface area contributed by atoms with E-state index >= 15 is 0 Å². The molecule has 0 saturated carbocycles. The van der Waals surface area contributed by atoms with Crippen molar-refractivity contribution in [3.63, 3.8) is 0 Å². The predicted molar refractivity (Wildman–Crippen MR) is 89.5 cm³/mol. The van der Waals surface area contributed by atoms with Crippen LogP contribution in [-0.4, -0.2) is 44.2 Å². The number of benzene rings is 1. The van der Waals surface area contributed by atoms with Gasteiger partial charge in [0.25, 0.3) is 5.91 Å². The highest BCUT2D eigenvalue weighted by Crippen LogP contribution is 2.11. The molecule has 124 valence electrons. The highest BCUT2D eigenvalue weighted by Gasteiger charge is 2.16. The molecule has 6 nitrogen and oxygen atoms in total. The van der Waals surface area contributed by atoms with E-state index in [0.717, 1.165) is 50.5 Å². The number of carbonyl (C=O) groups excluding carboxylic acids is 1. The Morgan fingerprint density at radius 2 is 2.35 bits per heavy atom. The van der Waals surface area contributed by atoms with Crippen LogP contribution >= 0.6 is 0 Å². The lowest BCUT2D eigenvalue weighted by Gasteiger charge is -2.16. The molecule has 2 aliphatic heterocycles. The number of aliphatic imine (C=N–C) groups is 1. The Labute approximate surface area is 136 Å². The van der Waals surface area contributed by atoms with Crippen LogP contribution in [0.4, 0.5) is 0 Å². The smallest absolute Gasteiger partial charge is 0.251 e. The molecular formula is C17H24N4O2. The molecule has 0 aliphatic carbocycles. The van der Waals surface area contributed by atoms with E-state index in [1.165, 1.54) is 0 Å². The van der Waals surface area contributed by atoms with Crippen LogP contribution in [-0.2, 0) is 11.3 Å². The summed E-state index contributed by atoms with van der Waals surface area (Å²) >= 11 is 0. The molecular weight excluding hydrogens is 292 g/mol. The van der Waals surface area contributed by atoms with E-state index in [9.17, 15) is 4.79 Å². The Hall–Kier alpha value is -2.08. The van der Waals surface area contributed by atoms with Crippen molar-refractivity contribution in [2.75, 3.05) is 26.2 Å². The minimum Gasteiger partial charge on any atom is -0.376 e. The summed E-state index contributed by atoms with van der Waals surface area (Å²) in [4.78, 5) is 16.6. The minimum atomic E-state index is -0.0459. The van der Waals surface area contributed by atoms with Crippen molar-refractivity contribution >= 4 is 11.9 Å². The Morgan fingerprint density at radius 1 is 1.39 bits per heavy atom. The number of rotatable bonds is 5. The predicted octanol–water partition coefficient (Wildman–Crippen LogP) is 1.03. The Bertz CT molecular complexity index is 567. The van der Waals surface area contributed by atoms with Crippen LogP contribution in [0.15, 0.2) is 29.3 Å². The maximum Gasteiger partial charge on any atom is 0.251 e. The van der Waals surface area contributed by atoms with Gasteiger partial charge in [0.2, 0.25) is 0 Å². The van der Waals surface area contributed by atoms with E-state index in [0.29, 0.717) is 18.7 Å². The number of hydrogen-bond acceptors (Lipinski definition) is 5. The molecule has 0 bridgehead atoms. The summed E-state index contributed by atoms with van der Waals surface area (Å²) in [7, 11) is 0. The third kappa shape index (κ3) is 4.69. The molecule has 1 aromatic rings. The number of ether oxygens (including phenoxy) is 1. The van der Waals surface area contributed by atoms with Gasteiger partial charge in [0.15, 0.2) is 5.96 Å². The molecule has 1 amide bonds. The fourth-order valence-corrected chi connectivity index (χ4v) is 2.77. The maximum atomic E-state index is 12.2. The minimum absolute atomic E-state index is 0.0459. The fourth-order valence-electron chi connectivity index (χ4n) is 2.77. The molecule has 1 fully saturated rings. The topological polar surface area (TPSA) is 74.8 Å². The standard InChI is InChI=1S/C17H24N4O2/c22-16(20-12-15-6-2-9-23-15)14-5-1-4-13(10-14)11-21-17-18-7-3-8-19-17/h1,4-5,10,15H,2-3,6-9,11-12H2,(H,20,22)(H2,18,19,21). The fraction of sp³-hybridized carbons (Fsp3) is 0.529. The molecule has 1 saturated heterocycles. The maximum absolute atomic E-state index is 12.2.